The number of benzene rings is 1. The van der Waals surface area contributed by atoms with Crippen molar-refractivity contribution >= 4 is 5.69 Å². The maximum absolute atomic E-state index is 12.3. The van der Waals surface area contributed by atoms with E-state index in [1.807, 2.05) is 0 Å². The van der Waals surface area contributed by atoms with Crippen molar-refractivity contribution in [3.05, 3.63) is 29.8 Å². The average molecular weight is 219 g/mol. The van der Waals surface area contributed by atoms with E-state index in [1.165, 1.54) is 23.1 Å². The molecule has 0 bridgehead atoms. The second-order valence-corrected chi connectivity index (χ2v) is 3.40. The van der Waals surface area contributed by atoms with Crippen molar-refractivity contribution in [2.24, 2.45) is 0 Å². The Balaban J connectivity index is 3.14. The Labute approximate surface area is 85.9 Å². The number of alkyl halides is 3. The molecule has 1 aromatic rings. The first kappa shape index (κ1) is 11.8. The number of hydrogen-bond acceptors (Lipinski definition) is 2. The van der Waals surface area contributed by atoms with Crippen molar-refractivity contribution in [3.8, 4) is 0 Å². The molecule has 0 fully saturated rings. The van der Waals surface area contributed by atoms with E-state index in [1.54, 1.807) is 20.2 Å². The van der Waals surface area contributed by atoms with Crippen LogP contribution in [0.25, 0.3) is 0 Å². The van der Waals surface area contributed by atoms with Crippen LogP contribution in [0, 0.1) is 0 Å². The predicted molar refractivity (Wildman–Crippen MR) is 51.8 cm³/mol. The van der Waals surface area contributed by atoms with Crippen molar-refractivity contribution in [2.45, 2.75) is 12.3 Å². The largest absolute Gasteiger partial charge is 0.418 e. The maximum atomic E-state index is 12.3. The van der Waals surface area contributed by atoms with Crippen LogP contribution in [0.5, 0.6) is 0 Å². The maximum Gasteiger partial charge on any atom is 0.418 e. The Morgan fingerprint density at radius 2 is 1.73 bits per heavy atom. The van der Waals surface area contributed by atoms with E-state index in [0.717, 1.165) is 0 Å². The lowest BCUT2D eigenvalue weighted by Gasteiger charge is -2.22. The summed E-state index contributed by atoms with van der Waals surface area (Å²) in [5.74, 6) is 0. The van der Waals surface area contributed by atoms with Gasteiger partial charge < -0.3 is 10.0 Å². The van der Waals surface area contributed by atoms with Crippen molar-refractivity contribution in [1.82, 2.24) is 0 Å². The van der Waals surface area contributed by atoms with Gasteiger partial charge in [0.25, 0.3) is 0 Å². The smallest absolute Gasteiger partial charge is 0.379 e. The Hall–Kier alpha value is -1.23. The highest BCUT2D eigenvalue weighted by Crippen LogP contribution is 2.36. The molecule has 1 rings (SSSR count). The molecule has 0 spiro atoms. The van der Waals surface area contributed by atoms with Crippen LogP contribution >= 0.6 is 0 Å². The summed E-state index contributed by atoms with van der Waals surface area (Å²) in [5.41, 5.74) is 0.234. The van der Waals surface area contributed by atoms with E-state index in [-0.39, 0.29) is 5.56 Å². The van der Waals surface area contributed by atoms with E-state index in [2.05, 4.69) is 0 Å². The number of para-hydroxylation sites is 1. The highest BCUT2D eigenvalue weighted by molar-refractivity contribution is 5.53. The normalized spacial score (nSPS) is 13.7. The first-order chi connectivity index (χ1) is 6.84. The molecular formula is C10H12F3NO. The molecule has 0 heterocycles. The number of aliphatic hydroxyl groups is 1. The van der Waals surface area contributed by atoms with Crippen molar-refractivity contribution in [2.75, 3.05) is 19.0 Å². The summed E-state index contributed by atoms with van der Waals surface area (Å²) in [6.45, 7) is 0. The van der Waals surface area contributed by atoms with Gasteiger partial charge in [-0.15, -0.1) is 0 Å². The first-order valence-corrected chi connectivity index (χ1v) is 4.35. The zero-order chi connectivity index (χ0) is 11.6. The average Bonchev–Trinajstić information content (AvgIpc) is 2.15. The summed E-state index contributed by atoms with van der Waals surface area (Å²) in [7, 11) is 3.25. The van der Waals surface area contributed by atoms with Gasteiger partial charge >= 0.3 is 6.18 Å². The van der Waals surface area contributed by atoms with Crippen LogP contribution in [0.15, 0.2) is 24.3 Å². The Bertz CT molecular complexity index is 336. The lowest BCUT2D eigenvalue weighted by atomic mass is 10.1. The van der Waals surface area contributed by atoms with E-state index in [0.29, 0.717) is 5.69 Å². The molecule has 0 radical (unpaired) electrons. The van der Waals surface area contributed by atoms with Gasteiger partial charge in [-0.3, -0.25) is 0 Å². The number of halogens is 3. The first-order valence-electron chi connectivity index (χ1n) is 4.35. The summed E-state index contributed by atoms with van der Waals surface area (Å²) in [4.78, 5) is 1.53. The molecule has 0 amide bonds. The zero-order valence-electron chi connectivity index (χ0n) is 8.42. The molecule has 1 unspecified atom stereocenters. The third-order valence-corrected chi connectivity index (χ3v) is 2.02. The molecule has 2 nitrogen and oxygen atoms in total. The summed E-state index contributed by atoms with van der Waals surface area (Å²) in [6.07, 6.45) is -7.07. The van der Waals surface area contributed by atoms with Crippen LogP contribution in [0.4, 0.5) is 18.9 Å². The summed E-state index contributed by atoms with van der Waals surface area (Å²) in [6, 6.07) is 5.90. The lowest BCUT2D eigenvalue weighted by Crippen LogP contribution is -2.23. The van der Waals surface area contributed by atoms with Gasteiger partial charge in [-0.05, 0) is 6.07 Å². The van der Waals surface area contributed by atoms with Gasteiger partial charge in [0.15, 0.2) is 6.10 Å². The topological polar surface area (TPSA) is 23.5 Å². The zero-order valence-corrected chi connectivity index (χ0v) is 8.42. The SMILES string of the molecule is CN(C)c1ccccc1C(O)C(F)(F)F. The Kier molecular flexibility index (Phi) is 3.24. The van der Waals surface area contributed by atoms with Gasteiger partial charge in [-0.2, -0.15) is 13.2 Å². The molecule has 1 atom stereocenters. The molecule has 84 valence electrons. The minimum absolute atomic E-state index is 0.130. The molecule has 0 aliphatic heterocycles. The van der Waals surface area contributed by atoms with E-state index < -0.39 is 12.3 Å². The van der Waals surface area contributed by atoms with Crippen molar-refractivity contribution in [1.29, 1.82) is 0 Å². The Morgan fingerprint density at radius 3 is 2.20 bits per heavy atom. The number of nitrogens with zero attached hydrogens (tertiary/aromatic N) is 1. The molecule has 0 aromatic heterocycles. The molecule has 0 aliphatic carbocycles. The predicted octanol–water partition coefficient (Wildman–Crippen LogP) is 2.35. The van der Waals surface area contributed by atoms with Crippen LogP contribution in [0.3, 0.4) is 0 Å². The number of anilines is 1. The third kappa shape index (κ3) is 2.62. The minimum Gasteiger partial charge on any atom is -0.379 e. The lowest BCUT2D eigenvalue weighted by molar-refractivity contribution is -0.206. The highest BCUT2D eigenvalue weighted by Gasteiger charge is 2.40. The van der Waals surface area contributed by atoms with E-state index in [9.17, 15) is 13.2 Å². The van der Waals surface area contributed by atoms with E-state index >= 15 is 0 Å². The third-order valence-electron chi connectivity index (χ3n) is 2.02. The fraction of sp³-hybridized carbons (Fsp3) is 0.400. The minimum atomic E-state index is -4.63. The quantitative estimate of drug-likeness (QED) is 0.825. The van der Waals surface area contributed by atoms with Crippen LogP contribution in [0.1, 0.15) is 11.7 Å². The number of rotatable bonds is 2. The molecule has 0 aliphatic rings. The number of hydrogen-bond donors (Lipinski definition) is 1. The van der Waals surface area contributed by atoms with Crippen LogP contribution in [-0.2, 0) is 0 Å². The Morgan fingerprint density at radius 1 is 1.20 bits per heavy atom. The molecule has 1 N–H and O–H groups in total. The van der Waals surface area contributed by atoms with E-state index in [4.69, 9.17) is 5.11 Å². The molecule has 0 saturated carbocycles. The molecule has 1 aromatic carbocycles. The summed E-state index contributed by atoms with van der Waals surface area (Å²) in [5, 5.41) is 9.14. The fourth-order valence-corrected chi connectivity index (χ4v) is 1.30. The number of aliphatic hydroxyl groups excluding tert-OH is 1. The summed E-state index contributed by atoms with van der Waals surface area (Å²) < 4.78 is 36.9. The summed E-state index contributed by atoms with van der Waals surface area (Å²) >= 11 is 0. The van der Waals surface area contributed by atoms with Gasteiger partial charge in [-0.1, -0.05) is 18.2 Å². The van der Waals surface area contributed by atoms with Gasteiger partial charge in [0.1, 0.15) is 0 Å². The molecule has 5 heteroatoms. The van der Waals surface area contributed by atoms with Crippen LogP contribution < -0.4 is 4.90 Å². The van der Waals surface area contributed by atoms with Gasteiger partial charge in [-0.25, -0.2) is 0 Å². The standard InChI is InChI=1S/C10H12F3NO/c1-14(2)8-6-4-3-5-7(8)9(15)10(11,12)13/h3-6,9,15H,1-2H3. The van der Waals surface area contributed by atoms with Gasteiger partial charge in [0.05, 0.1) is 0 Å². The van der Waals surface area contributed by atoms with Gasteiger partial charge in [0.2, 0.25) is 0 Å². The monoisotopic (exact) mass is 219 g/mol. The fourth-order valence-electron chi connectivity index (χ4n) is 1.30. The van der Waals surface area contributed by atoms with Crippen molar-refractivity contribution in [3.63, 3.8) is 0 Å². The highest BCUT2D eigenvalue weighted by atomic mass is 19.4. The van der Waals surface area contributed by atoms with Gasteiger partial charge in [0, 0.05) is 25.3 Å². The van der Waals surface area contributed by atoms with Crippen LogP contribution in [0.2, 0.25) is 0 Å². The molecular weight excluding hydrogens is 207 g/mol. The second kappa shape index (κ2) is 4.10. The van der Waals surface area contributed by atoms with Crippen LogP contribution in [-0.4, -0.2) is 25.4 Å². The molecule has 15 heavy (non-hydrogen) atoms. The second-order valence-electron chi connectivity index (χ2n) is 3.40. The van der Waals surface area contributed by atoms with Crippen molar-refractivity contribution < 1.29 is 18.3 Å². The molecule has 0 saturated heterocycles.